The molecular formula is C17H15NO3S. The van der Waals surface area contributed by atoms with E-state index < -0.39 is 21.0 Å². The Labute approximate surface area is 129 Å². The van der Waals surface area contributed by atoms with Crippen molar-refractivity contribution in [2.24, 2.45) is 5.92 Å². The van der Waals surface area contributed by atoms with E-state index in [9.17, 15) is 13.7 Å². The third-order valence-electron chi connectivity index (χ3n) is 4.03. The average Bonchev–Trinajstić information content (AvgIpc) is 3.31. The van der Waals surface area contributed by atoms with Gasteiger partial charge in [-0.25, -0.2) is 8.42 Å². The van der Waals surface area contributed by atoms with Crippen LogP contribution in [0.1, 0.15) is 11.5 Å². The first-order valence-corrected chi connectivity index (χ1v) is 8.46. The highest BCUT2D eigenvalue weighted by atomic mass is 32.2. The molecule has 0 N–H and O–H groups in total. The minimum atomic E-state index is -3.49. The lowest BCUT2D eigenvalue weighted by Crippen LogP contribution is -2.10. The first-order valence-electron chi connectivity index (χ1n) is 6.92. The summed E-state index contributed by atoms with van der Waals surface area (Å²) in [5.41, 5.74) is 0.858. The largest absolute Gasteiger partial charge is 0.497 e. The van der Waals surface area contributed by atoms with Gasteiger partial charge in [-0.1, -0.05) is 30.3 Å². The zero-order chi connectivity index (χ0) is 15.7. The van der Waals surface area contributed by atoms with Crippen LogP contribution in [0.15, 0.2) is 59.5 Å². The van der Waals surface area contributed by atoms with Crippen LogP contribution in [0.25, 0.3) is 0 Å². The smallest absolute Gasteiger partial charge is 0.183 e. The summed E-state index contributed by atoms with van der Waals surface area (Å²) in [4.78, 5) is 0.274. The Morgan fingerprint density at radius 1 is 1.05 bits per heavy atom. The van der Waals surface area contributed by atoms with E-state index in [-0.39, 0.29) is 10.8 Å². The zero-order valence-electron chi connectivity index (χ0n) is 12.0. The summed E-state index contributed by atoms with van der Waals surface area (Å²) in [5.74, 6) is -0.0694. The molecule has 0 heterocycles. The van der Waals surface area contributed by atoms with Gasteiger partial charge in [-0.05, 0) is 29.8 Å². The maximum Gasteiger partial charge on any atom is 0.183 e. The summed E-state index contributed by atoms with van der Waals surface area (Å²) in [6, 6.07) is 17.7. The number of hydrogen-bond acceptors (Lipinski definition) is 4. The van der Waals surface area contributed by atoms with Gasteiger partial charge in [0.2, 0.25) is 0 Å². The van der Waals surface area contributed by atoms with Crippen molar-refractivity contribution in [1.82, 2.24) is 0 Å². The van der Waals surface area contributed by atoms with Crippen LogP contribution in [0.2, 0.25) is 0 Å². The summed E-state index contributed by atoms with van der Waals surface area (Å²) in [5, 5.41) is 8.61. The van der Waals surface area contributed by atoms with E-state index in [4.69, 9.17) is 4.74 Å². The molecule has 0 radical (unpaired) electrons. The monoisotopic (exact) mass is 313 g/mol. The van der Waals surface area contributed by atoms with Crippen molar-refractivity contribution in [3.05, 3.63) is 60.2 Å². The van der Waals surface area contributed by atoms with Crippen LogP contribution in [-0.4, -0.2) is 20.8 Å². The van der Waals surface area contributed by atoms with Crippen LogP contribution in [0.4, 0.5) is 0 Å². The Kier molecular flexibility index (Phi) is 3.63. The molecule has 0 aliphatic heterocycles. The number of nitriles is 1. The van der Waals surface area contributed by atoms with Gasteiger partial charge in [-0.15, -0.1) is 0 Å². The van der Waals surface area contributed by atoms with E-state index in [1.165, 1.54) is 0 Å². The molecule has 0 saturated heterocycles. The minimum Gasteiger partial charge on any atom is -0.497 e. The fraction of sp³-hybridized carbons (Fsp3) is 0.235. The third-order valence-corrected chi connectivity index (χ3v) is 6.27. The van der Waals surface area contributed by atoms with Crippen molar-refractivity contribution < 1.29 is 13.2 Å². The molecule has 1 aliphatic carbocycles. The number of methoxy groups -OCH3 is 1. The third kappa shape index (κ3) is 2.36. The highest BCUT2D eigenvalue weighted by Crippen LogP contribution is 2.53. The van der Waals surface area contributed by atoms with Crippen LogP contribution in [-0.2, 0) is 9.84 Å². The normalized spacial score (nSPS) is 23.5. The first-order chi connectivity index (χ1) is 10.6. The standard InChI is InChI=1S/C17H15NO3S/c1-21-13-9-7-12(8-10-13)16-15(11-18)17(16)22(19,20)14-5-3-2-4-6-14/h2-10,15-17H,1H3/t15-,16-,17-/m0/s1. The van der Waals surface area contributed by atoms with E-state index in [0.29, 0.717) is 5.75 Å². The molecule has 3 rings (SSSR count). The number of rotatable bonds is 4. The molecule has 0 aromatic heterocycles. The lowest BCUT2D eigenvalue weighted by atomic mass is 10.1. The minimum absolute atomic E-state index is 0.274. The van der Waals surface area contributed by atoms with Gasteiger partial charge in [0, 0.05) is 5.92 Å². The maximum absolute atomic E-state index is 12.7. The molecule has 5 heteroatoms. The van der Waals surface area contributed by atoms with E-state index in [0.717, 1.165) is 5.56 Å². The Hall–Kier alpha value is -2.32. The zero-order valence-corrected chi connectivity index (χ0v) is 12.8. The van der Waals surface area contributed by atoms with Crippen molar-refractivity contribution in [3.63, 3.8) is 0 Å². The summed E-state index contributed by atoms with van der Waals surface area (Å²) in [6.07, 6.45) is 0. The number of ether oxygens (including phenoxy) is 1. The molecule has 1 aliphatic rings. The second kappa shape index (κ2) is 5.47. The first kappa shape index (κ1) is 14.6. The molecule has 22 heavy (non-hydrogen) atoms. The molecule has 0 bridgehead atoms. The lowest BCUT2D eigenvalue weighted by molar-refractivity contribution is 0.414. The number of sulfone groups is 1. The molecule has 112 valence electrons. The highest BCUT2D eigenvalue weighted by Gasteiger charge is 2.59. The van der Waals surface area contributed by atoms with E-state index in [1.807, 2.05) is 12.1 Å². The van der Waals surface area contributed by atoms with Gasteiger partial charge < -0.3 is 4.74 Å². The predicted molar refractivity (Wildman–Crippen MR) is 82.3 cm³/mol. The molecule has 0 unspecified atom stereocenters. The van der Waals surface area contributed by atoms with Crippen molar-refractivity contribution in [1.29, 1.82) is 5.26 Å². The van der Waals surface area contributed by atoms with Gasteiger partial charge in [-0.3, -0.25) is 0 Å². The Bertz CT molecular complexity index is 807. The Morgan fingerprint density at radius 3 is 2.23 bits per heavy atom. The summed E-state index contributed by atoms with van der Waals surface area (Å²) in [6.45, 7) is 0. The van der Waals surface area contributed by atoms with Gasteiger partial charge in [0.1, 0.15) is 5.75 Å². The van der Waals surface area contributed by atoms with Gasteiger partial charge in [0.15, 0.2) is 9.84 Å². The molecule has 0 amide bonds. The molecule has 3 atom stereocenters. The topological polar surface area (TPSA) is 67.2 Å². The second-order valence-electron chi connectivity index (χ2n) is 5.28. The van der Waals surface area contributed by atoms with Crippen molar-refractivity contribution >= 4 is 9.84 Å². The molecule has 2 aromatic rings. The average molecular weight is 313 g/mol. The molecule has 1 fully saturated rings. The summed E-state index contributed by atoms with van der Waals surface area (Å²) >= 11 is 0. The number of benzene rings is 2. The van der Waals surface area contributed by atoms with Crippen LogP contribution in [0.3, 0.4) is 0 Å². The van der Waals surface area contributed by atoms with Gasteiger partial charge >= 0.3 is 0 Å². The fourth-order valence-electron chi connectivity index (χ4n) is 2.81. The molecule has 1 saturated carbocycles. The van der Waals surface area contributed by atoms with Crippen LogP contribution in [0, 0.1) is 17.2 Å². The molecule has 4 nitrogen and oxygen atoms in total. The molecule has 2 aromatic carbocycles. The number of hydrogen-bond donors (Lipinski definition) is 0. The van der Waals surface area contributed by atoms with E-state index in [1.54, 1.807) is 49.6 Å². The Balaban J connectivity index is 1.93. The predicted octanol–water partition coefficient (Wildman–Crippen LogP) is 2.77. The van der Waals surface area contributed by atoms with E-state index in [2.05, 4.69) is 6.07 Å². The van der Waals surface area contributed by atoms with Crippen molar-refractivity contribution in [3.8, 4) is 11.8 Å². The van der Waals surface area contributed by atoms with Crippen LogP contribution >= 0.6 is 0 Å². The summed E-state index contributed by atoms with van der Waals surface area (Å²) in [7, 11) is -1.92. The number of nitrogens with zero attached hydrogens (tertiary/aromatic N) is 1. The summed E-state index contributed by atoms with van der Waals surface area (Å²) < 4.78 is 30.5. The highest BCUT2D eigenvalue weighted by molar-refractivity contribution is 7.92. The van der Waals surface area contributed by atoms with Gasteiger partial charge in [0.25, 0.3) is 0 Å². The van der Waals surface area contributed by atoms with E-state index >= 15 is 0 Å². The quantitative estimate of drug-likeness (QED) is 0.870. The van der Waals surface area contributed by atoms with Crippen LogP contribution < -0.4 is 4.74 Å². The molecular weight excluding hydrogens is 298 g/mol. The lowest BCUT2D eigenvalue weighted by Gasteiger charge is -2.04. The van der Waals surface area contributed by atoms with Gasteiger partial charge in [-0.2, -0.15) is 5.26 Å². The molecule has 0 spiro atoms. The van der Waals surface area contributed by atoms with Crippen LogP contribution in [0.5, 0.6) is 5.75 Å². The van der Waals surface area contributed by atoms with Crippen molar-refractivity contribution in [2.45, 2.75) is 16.1 Å². The van der Waals surface area contributed by atoms with Crippen molar-refractivity contribution in [2.75, 3.05) is 7.11 Å². The maximum atomic E-state index is 12.7. The Morgan fingerprint density at radius 2 is 1.68 bits per heavy atom. The second-order valence-corrected chi connectivity index (χ2v) is 7.38. The SMILES string of the molecule is COc1ccc([C@H]2[C@H](C#N)[C@@H]2S(=O)(=O)c2ccccc2)cc1. The van der Waals surface area contributed by atoms with Gasteiger partial charge in [0.05, 0.1) is 29.2 Å². The fourth-order valence-corrected chi connectivity index (χ4v) is 4.90.